The van der Waals surface area contributed by atoms with Crippen LogP contribution < -0.4 is 0 Å². The number of carboxylic acid groups (broad SMARTS) is 1. The molecule has 0 amide bonds. The molecule has 0 saturated carbocycles. The van der Waals surface area contributed by atoms with Gasteiger partial charge in [-0.1, -0.05) is 18.5 Å². The molecule has 0 aliphatic carbocycles. The Morgan fingerprint density at radius 2 is 2.00 bits per heavy atom. The lowest BCUT2D eigenvalue weighted by Crippen LogP contribution is -2.30. The third kappa shape index (κ3) is 3.14. The number of rotatable bonds is 4. The maximum atomic E-state index is 11.1. The van der Waals surface area contributed by atoms with Crippen molar-refractivity contribution in [2.45, 2.75) is 29.9 Å². The second kappa shape index (κ2) is 4.90. The van der Waals surface area contributed by atoms with Gasteiger partial charge in [0.15, 0.2) is 0 Å². The first-order valence-corrected chi connectivity index (χ1v) is 5.85. The van der Waals surface area contributed by atoms with E-state index in [0.29, 0.717) is 11.4 Å². The highest BCUT2D eigenvalue weighted by molar-refractivity contribution is 8.01. The summed E-state index contributed by atoms with van der Waals surface area (Å²) in [6.45, 7) is 3.60. The van der Waals surface area contributed by atoms with Crippen LogP contribution in [0.3, 0.4) is 0 Å². The zero-order valence-electron chi connectivity index (χ0n) is 8.66. The van der Waals surface area contributed by atoms with Crippen LogP contribution in [-0.2, 0) is 4.79 Å². The molecule has 1 N–H and O–H groups in total. The Labute approximate surface area is 98.6 Å². The molecule has 1 atom stereocenters. The molecule has 0 aliphatic rings. The molecule has 1 aromatic carbocycles. The quantitative estimate of drug-likeness (QED) is 0.821. The van der Waals surface area contributed by atoms with Crippen molar-refractivity contribution in [3.8, 4) is 0 Å². The van der Waals surface area contributed by atoms with E-state index in [1.54, 1.807) is 19.1 Å². The average molecular weight is 245 g/mol. The molecule has 0 heterocycles. The van der Waals surface area contributed by atoms with Gasteiger partial charge in [0.25, 0.3) is 0 Å². The predicted molar refractivity (Wildman–Crippen MR) is 63.6 cm³/mol. The number of benzene rings is 1. The fourth-order valence-electron chi connectivity index (χ4n) is 1.03. The average Bonchev–Trinajstić information content (AvgIpc) is 2.21. The summed E-state index contributed by atoms with van der Waals surface area (Å²) in [6.07, 6.45) is 0.579. The molecule has 1 unspecified atom stereocenters. The van der Waals surface area contributed by atoms with E-state index < -0.39 is 10.7 Å². The van der Waals surface area contributed by atoms with Crippen LogP contribution in [0.5, 0.6) is 0 Å². The maximum absolute atomic E-state index is 11.1. The van der Waals surface area contributed by atoms with Crippen LogP contribution in [0, 0.1) is 0 Å². The standard InChI is InChI=1S/C11H13ClO2S/c1-3-11(2,10(13)14)15-9-6-4-8(12)5-7-9/h4-7H,3H2,1-2H3,(H,13,14). The van der Waals surface area contributed by atoms with Gasteiger partial charge < -0.3 is 5.11 Å². The summed E-state index contributed by atoms with van der Waals surface area (Å²) in [5.41, 5.74) is 0. The van der Waals surface area contributed by atoms with Gasteiger partial charge in [-0.3, -0.25) is 4.79 Å². The smallest absolute Gasteiger partial charge is 0.319 e. The van der Waals surface area contributed by atoms with Crippen molar-refractivity contribution in [1.82, 2.24) is 0 Å². The van der Waals surface area contributed by atoms with E-state index in [1.165, 1.54) is 11.8 Å². The molecule has 0 saturated heterocycles. The molecular weight excluding hydrogens is 232 g/mol. The summed E-state index contributed by atoms with van der Waals surface area (Å²) < 4.78 is -0.770. The maximum Gasteiger partial charge on any atom is 0.319 e. The second-order valence-corrected chi connectivity index (χ2v) is 5.46. The van der Waals surface area contributed by atoms with E-state index >= 15 is 0 Å². The van der Waals surface area contributed by atoms with E-state index in [9.17, 15) is 4.79 Å². The molecule has 0 fully saturated rings. The molecule has 0 radical (unpaired) electrons. The molecule has 15 heavy (non-hydrogen) atoms. The highest BCUT2D eigenvalue weighted by Crippen LogP contribution is 2.35. The van der Waals surface area contributed by atoms with Crippen molar-refractivity contribution < 1.29 is 9.90 Å². The van der Waals surface area contributed by atoms with Gasteiger partial charge in [-0.2, -0.15) is 0 Å². The minimum atomic E-state index is -0.787. The molecule has 1 aromatic rings. The van der Waals surface area contributed by atoms with Crippen molar-refractivity contribution in [2.24, 2.45) is 0 Å². The topological polar surface area (TPSA) is 37.3 Å². The fraction of sp³-hybridized carbons (Fsp3) is 0.364. The minimum absolute atomic E-state index is 0.579. The molecule has 82 valence electrons. The lowest BCUT2D eigenvalue weighted by atomic mass is 10.1. The van der Waals surface area contributed by atoms with E-state index in [-0.39, 0.29) is 0 Å². The lowest BCUT2D eigenvalue weighted by Gasteiger charge is -2.22. The Kier molecular flexibility index (Phi) is 4.05. The Hall–Kier alpha value is -0.670. The normalized spacial score (nSPS) is 14.6. The first kappa shape index (κ1) is 12.4. The highest BCUT2D eigenvalue weighted by Gasteiger charge is 2.32. The number of carbonyl (C=O) groups is 1. The summed E-state index contributed by atoms with van der Waals surface area (Å²) in [7, 11) is 0. The zero-order chi connectivity index (χ0) is 11.5. The summed E-state index contributed by atoms with van der Waals surface area (Å²) in [4.78, 5) is 12.0. The summed E-state index contributed by atoms with van der Waals surface area (Å²) in [5.74, 6) is -0.787. The lowest BCUT2D eigenvalue weighted by molar-refractivity contribution is -0.139. The summed E-state index contributed by atoms with van der Waals surface area (Å²) >= 11 is 7.10. The Balaban J connectivity index is 2.84. The van der Waals surface area contributed by atoms with Gasteiger partial charge >= 0.3 is 5.97 Å². The predicted octanol–water partition coefficient (Wildman–Crippen LogP) is 3.69. The van der Waals surface area contributed by atoms with E-state index in [2.05, 4.69) is 0 Å². The van der Waals surface area contributed by atoms with Crippen molar-refractivity contribution in [3.05, 3.63) is 29.3 Å². The Morgan fingerprint density at radius 3 is 2.40 bits per heavy atom. The summed E-state index contributed by atoms with van der Waals surface area (Å²) in [5, 5.41) is 9.76. The Morgan fingerprint density at radius 1 is 1.47 bits per heavy atom. The zero-order valence-corrected chi connectivity index (χ0v) is 10.2. The monoisotopic (exact) mass is 244 g/mol. The molecule has 0 bridgehead atoms. The molecule has 1 rings (SSSR count). The number of halogens is 1. The van der Waals surface area contributed by atoms with Crippen LogP contribution in [0.4, 0.5) is 0 Å². The minimum Gasteiger partial charge on any atom is -0.480 e. The van der Waals surface area contributed by atoms with Crippen molar-refractivity contribution in [3.63, 3.8) is 0 Å². The number of thioether (sulfide) groups is 1. The highest BCUT2D eigenvalue weighted by atomic mass is 35.5. The van der Waals surface area contributed by atoms with Crippen LogP contribution in [0.1, 0.15) is 20.3 Å². The van der Waals surface area contributed by atoms with Gasteiger partial charge in [0.2, 0.25) is 0 Å². The number of aliphatic carboxylic acids is 1. The van der Waals surface area contributed by atoms with E-state index in [1.807, 2.05) is 19.1 Å². The number of hydrogen-bond acceptors (Lipinski definition) is 2. The van der Waals surface area contributed by atoms with Crippen LogP contribution in [0.2, 0.25) is 5.02 Å². The van der Waals surface area contributed by atoms with Crippen LogP contribution in [-0.4, -0.2) is 15.8 Å². The first-order chi connectivity index (χ1) is 6.98. The number of carboxylic acids is 1. The molecular formula is C11H13ClO2S. The first-order valence-electron chi connectivity index (χ1n) is 4.66. The van der Waals surface area contributed by atoms with Crippen LogP contribution >= 0.6 is 23.4 Å². The van der Waals surface area contributed by atoms with E-state index in [4.69, 9.17) is 16.7 Å². The van der Waals surface area contributed by atoms with Gasteiger partial charge in [-0.15, -0.1) is 11.8 Å². The van der Waals surface area contributed by atoms with Crippen molar-refractivity contribution in [2.75, 3.05) is 0 Å². The Bertz CT molecular complexity index is 350. The number of hydrogen-bond donors (Lipinski definition) is 1. The molecule has 0 aliphatic heterocycles. The van der Waals surface area contributed by atoms with Gasteiger partial charge in [0.1, 0.15) is 4.75 Å². The molecule has 2 nitrogen and oxygen atoms in total. The molecule has 4 heteroatoms. The van der Waals surface area contributed by atoms with Gasteiger partial charge in [-0.25, -0.2) is 0 Å². The van der Waals surface area contributed by atoms with E-state index in [0.717, 1.165) is 4.90 Å². The molecule has 0 spiro atoms. The van der Waals surface area contributed by atoms with Gasteiger partial charge in [0, 0.05) is 9.92 Å². The molecule has 0 aromatic heterocycles. The van der Waals surface area contributed by atoms with Crippen LogP contribution in [0.25, 0.3) is 0 Å². The van der Waals surface area contributed by atoms with Gasteiger partial charge in [-0.05, 0) is 37.6 Å². The SMILES string of the molecule is CCC(C)(Sc1ccc(Cl)cc1)C(=O)O. The van der Waals surface area contributed by atoms with Crippen molar-refractivity contribution in [1.29, 1.82) is 0 Å². The third-order valence-corrected chi connectivity index (χ3v) is 3.96. The largest absolute Gasteiger partial charge is 0.480 e. The summed E-state index contributed by atoms with van der Waals surface area (Å²) in [6, 6.07) is 7.21. The van der Waals surface area contributed by atoms with Gasteiger partial charge in [0.05, 0.1) is 0 Å². The fourth-order valence-corrected chi connectivity index (χ4v) is 2.18. The van der Waals surface area contributed by atoms with Crippen molar-refractivity contribution >= 4 is 29.3 Å². The van der Waals surface area contributed by atoms with Crippen LogP contribution in [0.15, 0.2) is 29.2 Å². The second-order valence-electron chi connectivity index (χ2n) is 3.45. The third-order valence-electron chi connectivity index (χ3n) is 2.28.